The highest BCUT2D eigenvalue weighted by Crippen LogP contribution is 2.31. The summed E-state index contributed by atoms with van der Waals surface area (Å²) in [5, 5.41) is 3.71. The highest BCUT2D eigenvalue weighted by molar-refractivity contribution is 4.92. The van der Waals surface area contributed by atoms with Crippen LogP contribution in [0.5, 0.6) is 0 Å². The summed E-state index contributed by atoms with van der Waals surface area (Å²) < 4.78 is 0. The van der Waals surface area contributed by atoms with E-state index >= 15 is 0 Å². The third kappa shape index (κ3) is 5.27. The molecule has 0 spiro atoms. The van der Waals surface area contributed by atoms with Crippen LogP contribution in [-0.4, -0.2) is 37.6 Å². The lowest BCUT2D eigenvalue weighted by molar-refractivity contribution is 0.0988. The number of hydrogen-bond acceptors (Lipinski definition) is 2. The summed E-state index contributed by atoms with van der Waals surface area (Å²) in [4.78, 5) is 2.47. The minimum absolute atomic E-state index is 0.446. The molecular formula is C16H34N2. The number of nitrogens with zero attached hydrogens (tertiary/aromatic N) is 1. The van der Waals surface area contributed by atoms with Crippen LogP contribution in [0.4, 0.5) is 0 Å². The third-order valence-corrected chi connectivity index (χ3v) is 4.64. The largest absolute Gasteiger partial charge is 0.315 e. The van der Waals surface area contributed by atoms with E-state index in [2.05, 4.69) is 31.2 Å². The summed E-state index contributed by atoms with van der Waals surface area (Å²) in [6, 6.07) is 0. The Morgan fingerprint density at radius 2 is 1.61 bits per heavy atom. The van der Waals surface area contributed by atoms with E-state index < -0.39 is 0 Å². The third-order valence-electron chi connectivity index (χ3n) is 4.64. The van der Waals surface area contributed by atoms with Crippen LogP contribution in [0.1, 0.15) is 71.1 Å². The Bertz CT molecular complexity index is 195. The van der Waals surface area contributed by atoms with Gasteiger partial charge in [-0.3, -0.25) is 0 Å². The van der Waals surface area contributed by atoms with E-state index in [9.17, 15) is 0 Å². The van der Waals surface area contributed by atoms with Crippen LogP contribution in [0.25, 0.3) is 0 Å². The average molecular weight is 254 g/mol. The molecule has 0 aliphatic heterocycles. The van der Waals surface area contributed by atoms with Crippen molar-refractivity contribution in [2.45, 2.75) is 76.7 Å². The first-order valence-corrected chi connectivity index (χ1v) is 8.09. The van der Waals surface area contributed by atoms with Gasteiger partial charge in [-0.1, -0.05) is 51.9 Å². The molecule has 0 saturated heterocycles. The van der Waals surface area contributed by atoms with Crippen molar-refractivity contribution in [2.75, 3.05) is 27.2 Å². The standard InChI is InChI=1S/C16H34N2/c1-4-5-6-7-11-14-17-15-16(18(2)3)12-9-8-10-13-16/h17H,4-15H2,1-3H3. The first kappa shape index (κ1) is 16.0. The predicted molar refractivity (Wildman–Crippen MR) is 81.1 cm³/mol. The molecule has 0 atom stereocenters. The Hall–Kier alpha value is -0.0800. The SMILES string of the molecule is CCCCCCCNCC1(N(C)C)CCCCC1. The summed E-state index contributed by atoms with van der Waals surface area (Å²) in [7, 11) is 4.52. The minimum atomic E-state index is 0.446. The lowest BCUT2D eigenvalue weighted by Crippen LogP contribution is -2.52. The Kier molecular flexibility index (Phi) is 7.92. The second-order valence-electron chi connectivity index (χ2n) is 6.27. The Morgan fingerprint density at radius 1 is 0.944 bits per heavy atom. The van der Waals surface area contributed by atoms with Crippen molar-refractivity contribution < 1.29 is 0 Å². The number of likely N-dealkylation sites (N-methyl/N-ethyl adjacent to an activating group) is 1. The Morgan fingerprint density at radius 3 is 2.22 bits per heavy atom. The average Bonchev–Trinajstić information content (AvgIpc) is 2.38. The van der Waals surface area contributed by atoms with Gasteiger partial charge in [-0.15, -0.1) is 0 Å². The molecule has 0 heterocycles. The van der Waals surface area contributed by atoms with Gasteiger partial charge in [0.1, 0.15) is 0 Å². The van der Waals surface area contributed by atoms with Crippen molar-refractivity contribution in [1.82, 2.24) is 10.2 Å². The van der Waals surface area contributed by atoms with Crippen LogP contribution in [0.2, 0.25) is 0 Å². The van der Waals surface area contributed by atoms with Gasteiger partial charge in [0.15, 0.2) is 0 Å². The molecule has 0 unspecified atom stereocenters. The number of hydrogen-bond donors (Lipinski definition) is 1. The molecule has 0 radical (unpaired) electrons. The Balaban J connectivity index is 2.14. The van der Waals surface area contributed by atoms with Gasteiger partial charge in [0.2, 0.25) is 0 Å². The van der Waals surface area contributed by atoms with Crippen molar-refractivity contribution in [3.63, 3.8) is 0 Å². The Labute approximate surface area is 115 Å². The van der Waals surface area contributed by atoms with Crippen molar-refractivity contribution in [3.05, 3.63) is 0 Å². The zero-order chi connectivity index (χ0) is 13.3. The van der Waals surface area contributed by atoms with Crippen LogP contribution in [0, 0.1) is 0 Å². The highest BCUT2D eigenvalue weighted by Gasteiger charge is 2.33. The van der Waals surface area contributed by atoms with Gasteiger partial charge in [-0.2, -0.15) is 0 Å². The van der Waals surface area contributed by atoms with Gasteiger partial charge in [-0.05, 0) is 39.9 Å². The molecule has 1 N–H and O–H groups in total. The van der Waals surface area contributed by atoms with Crippen LogP contribution in [0.15, 0.2) is 0 Å². The summed E-state index contributed by atoms with van der Waals surface area (Å²) in [5.41, 5.74) is 0.446. The second kappa shape index (κ2) is 8.92. The zero-order valence-electron chi connectivity index (χ0n) is 12.9. The molecule has 2 nitrogen and oxygen atoms in total. The van der Waals surface area contributed by atoms with E-state index in [4.69, 9.17) is 0 Å². The van der Waals surface area contributed by atoms with Gasteiger partial charge >= 0.3 is 0 Å². The minimum Gasteiger partial charge on any atom is -0.315 e. The summed E-state index contributed by atoms with van der Waals surface area (Å²) in [6.45, 7) is 4.68. The summed E-state index contributed by atoms with van der Waals surface area (Å²) in [5.74, 6) is 0. The van der Waals surface area contributed by atoms with E-state index in [0.29, 0.717) is 5.54 Å². The molecule has 0 aromatic carbocycles. The fourth-order valence-electron chi connectivity index (χ4n) is 3.17. The number of nitrogens with one attached hydrogen (secondary N) is 1. The molecule has 1 aliphatic rings. The van der Waals surface area contributed by atoms with E-state index in [1.807, 2.05) is 0 Å². The van der Waals surface area contributed by atoms with E-state index in [1.165, 1.54) is 77.3 Å². The van der Waals surface area contributed by atoms with E-state index in [-0.39, 0.29) is 0 Å². The summed E-state index contributed by atoms with van der Waals surface area (Å²) in [6.07, 6.45) is 13.9. The van der Waals surface area contributed by atoms with Crippen LogP contribution in [-0.2, 0) is 0 Å². The van der Waals surface area contributed by atoms with Crippen molar-refractivity contribution >= 4 is 0 Å². The quantitative estimate of drug-likeness (QED) is 0.629. The van der Waals surface area contributed by atoms with Crippen molar-refractivity contribution in [2.24, 2.45) is 0 Å². The normalized spacial score (nSPS) is 19.3. The fourth-order valence-corrected chi connectivity index (χ4v) is 3.17. The molecule has 0 bridgehead atoms. The molecule has 1 saturated carbocycles. The molecule has 0 amide bonds. The van der Waals surface area contributed by atoms with Gasteiger partial charge in [0, 0.05) is 12.1 Å². The van der Waals surface area contributed by atoms with Crippen molar-refractivity contribution in [1.29, 1.82) is 0 Å². The molecule has 18 heavy (non-hydrogen) atoms. The number of rotatable bonds is 9. The lowest BCUT2D eigenvalue weighted by Gasteiger charge is -2.43. The molecule has 1 aliphatic carbocycles. The molecule has 108 valence electrons. The predicted octanol–water partition coefficient (Wildman–Crippen LogP) is 3.81. The maximum absolute atomic E-state index is 3.71. The molecule has 0 aromatic heterocycles. The van der Waals surface area contributed by atoms with Crippen LogP contribution in [0.3, 0.4) is 0 Å². The first-order chi connectivity index (χ1) is 8.71. The first-order valence-electron chi connectivity index (χ1n) is 8.09. The monoisotopic (exact) mass is 254 g/mol. The molecule has 2 heteroatoms. The highest BCUT2D eigenvalue weighted by atomic mass is 15.2. The van der Waals surface area contributed by atoms with Crippen LogP contribution < -0.4 is 5.32 Å². The van der Waals surface area contributed by atoms with E-state index in [0.717, 1.165) is 0 Å². The van der Waals surface area contributed by atoms with Gasteiger partial charge in [0.05, 0.1) is 0 Å². The summed E-state index contributed by atoms with van der Waals surface area (Å²) >= 11 is 0. The topological polar surface area (TPSA) is 15.3 Å². The maximum atomic E-state index is 3.71. The van der Waals surface area contributed by atoms with Crippen molar-refractivity contribution in [3.8, 4) is 0 Å². The second-order valence-corrected chi connectivity index (χ2v) is 6.27. The maximum Gasteiger partial charge on any atom is 0.0327 e. The molecular weight excluding hydrogens is 220 g/mol. The van der Waals surface area contributed by atoms with Gasteiger partial charge in [0.25, 0.3) is 0 Å². The molecule has 0 aromatic rings. The van der Waals surface area contributed by atoms with Gasteiger partial charge in [-0.25, -0.2) is 0 Å². The lowest BCUT2D eigenvalue weighted by atomic mass is 9.80. The van der Waals surface area contributed by atoms with Gasteiger partial charge < -0.3 is 10.2 Å². The smallest absolute Gasteiger partial charge is 0.0327 e. The fraction of sp³-hybridized carbons (Fsp3) is 1.00. The zero-order valence-corrected chi connectivity index (χ0v) is 12.9. The molecule has 1 fully saturated rings. The number of unbranched alkanes of at least 4 members (excludes halogenated alkanes) is 4. The van der Waals surface area contributed by atoms with E-state index in [1.54, 1.807) is 0 Å². The van der Waals surface area contributed by atoms with Crippen LogP contribution >= 0.6 is 0 Å². The molecule has 1 rings (SSSR count).